The Kier molecular flexibility index (Phi) is 5.24. The van der Waals surface area contributed by atoms with E-state index in [-0.39, 0.29) is 11.8 Å². The Morgan fingerprint density at radius 1 is 1.53 bits per heavy atom. The van der Waals surface area contributed by atoms with Crippen LogP contribution in [0.5, 0.6) is 5.75 Å². The van der Waals surface area contributed by atoms with Crippen molar-refractivity contribution in [2.75, 3.05) is 13.2 Å². The molecule has 0 spiro atoms. The van der Waals surface area contributed by atoms with E-state index in [1.54, 1.807) is 6.20 Å². The molecule has 0 atom stereocenters. The summed E-state index contributed by atoms with van der Waals surface area (Å²) >= 11 is 0. The molecule has 1 saturated carbocycles. The normalized spacial score (nSPS) is 15.6. The Morgan fingerprint density at radius 3 is 3.00 bits per heavy atom. The Labute approximate surface area is 114 Å². The summed E-state index contributed by atoms with van der Waals surface area (Å²) in [6.07, 6.45) is 8.94. The monoisotopic (exact) mass is 265 g/mol. The van der Waals surface area contributed by atoms with E-state index in [1.807, 2.05) is 17.8 Å². The number of nitrogens with zero attached hydrogens (tertiary/aromatic N) is 2. The van der Waals surface area contributed by atoms with Gasteiger partial charge in [-0.3, -0.25) is 9.48 Å². The van der Waals surface area contributed by atoms with Crippen LogP contribution in [-0.2, 0) is 11.3 Å². The summed E-state index contributed by atoms with van der Waals surface area (Å²) in [5.74, 6) is 1.27. The third-order valence-electron chi connectivity index (χ3n) is 3.55. The molecule has 0 radical (unpaired) electrons. The summed E-state index contributed by atoms with van der Waals surface area (Å²) in [7, 11) is 0. The van der Waals surface area contributed by atoms with Crippen LogP contribution in [0.15, 0.2) is 12.4 Å². The summed E-state index contributed by atoms with van der Waals surface area (Å²) in [5, 5.41) is 7.12. The van der Waals surface area contributed by atoms with E-state index in [4.69, 9.17) is 4.74 Å². The van der Waals surface area contributed by atoms with Gasteiger partial charge in [-0.25, -0.2) is 0 Å². The second-order valence-corrected chi connectivity index (χ2v) is 5.01. The molecule has 1 amide bonds. The maximum Gasteiger partial charge on any atom is 0.223 e. The summed E-state index contributed by atoms with van der Waals surface area (Å²) in [4.78, 5) is 11.8. The van der Waals surface area contributed by atoms with Crippen molar-refractivity contribution >= 4 is 5.91 Å². The van der Waals surface area contributed by atoms with Gasteiger partial charge in [0.1, 0.15) is 0 Å². The highest BCUT2D eigenvalue weighted by Crippen LogP contribution is 2.24. The second kappa shape index (κ2) is 7.16. The Bertz CT molecular complexity index is 397. The number of hydrogen-bond donors (Lipinski definition) is 1. The van der Waals surface area contributed by atoms with Crippen LogP contribution in [0.3, 0.4) is 0 Å². The number of ether oxygens (including phenoxy) is 1. The molecule has 106 valence electrons. The molecule has 0 bridgehead atoms. The molecule has 1 aliphatic rings. The van der Waals surface area contributed by atoms with E-state index in [9.17, 15) is 4.79 Å². The number of hydrogen-bond acceptors (Lipinski definition) is 3. The van der Waals surface area contributed by atoms with Crippen molar-refractivity contribution in [3.8, 4) is 5.75 Å². The fourth-order valence-corrected chi connectivity index (χ4v) is 2.40. The molecule has 0 aromatic carbocycles. The van der Waals surface area contributed by atoms with E-state index in [2.05, 4.69) is 10.4 Å². The van der Waals surface area contributed by atoms with Crippen LogP contribution in [0.4, 0.5) is 0 Å². The minimum absolute atomic E-state index is 0.219. The fourth-order valence-electron chi connectivity index (χ4n) is 2.40. The smallest absolute Gasteiger partial charge is 0.223 e. The standard InChI is InChI=1S/C14H23N3O2/c1-2-17-11-13(10-16-17)19-9-5-8-15-14(18)12-6-3-4-7-12/h10-12H,2-9H2,1H3,(H,15,18). The van der Waals surface area contributed by atoms with Crippen molar-refractivity contribution in [1.82, 2.24) is 15.1 Å². The molecule has 1 aromatic heterocycles. The Balaban J connectivity index is 1.55. The predicted molar refractivity (Wildman–Crippen MR) is 73.0 cm³/mol. The van der Waals surface area contributed by atoms with Crippen LogP contribution in [-0.4, -0.2) is 28.8 Å². The zero-order chi connectivity index (χ0) is 13.5. The molecule has 1 heterocycles. The number of nitrogens with one attached hydrogen (secondary N) is 1. The van der Waals surface area contributed by atoms with Gasteiger partial charge in [0.25, 0.3) is 0 Å². The number of aromatic nitrogens is 2. The van der Waals surface area contributed by atoms with Crippen molar-refractivity contribution < 1.29 is 9.53 Å². The largest absolute Gasteiger partial charge is 0.490 e. The van der Waals surface area contributed by atoms with E-state index in [1.165, 1.54) is 12.8 Å². The minimum Gasteiger partial charge on any atom is -0.490 e. The molecular formula is C14H23N3O2. The molecule has 5 heteroatoms. The van der Waals surface area contributed by atoms with Crippen molar-refractivity contribution in [2.45, 2.75) is 45.6 Å². The predicted octanol–water partition coefficient (Wildman–Crippen LogP) is 1.98. The lowest BCUT2D eigenvalue weighted by atomic mass is 10.1. The molecule has 1 aromatic rings. The van der Waals surface area contributed by atoms with E-state index in [0.717, 1.165) is 31.6 Å². The van der Waals surface area contributed by atoms with Gasteiger partial charge in [0.15, 0.2) is 5.75 Å². The fraction of sp³-hybridized carbons (Fsp3) is 0.714. The quantitative estimate of drug-likeness (QED) is 0.767. The summed E-state index contributed by atoms with van der Waals surface area (Å²) in [6.45, 7) is 4.19. The van der Waals surface area contributed by atoms with Crippen molar-refractivity contribution in [3.05, 3.63) is 12.4 Å². The summed E-state index contributed by atoms with van der Waals surface area (Å²) in [5.41, 5.74) is 0. The van der Waals surface area contributed by atoms with E-state index < -0.39 is 0 Å². The molecule has 19 heavy (non-hydrogen) atoms. The average Bonchev–Trinajstić information content (AvgIpc) is 3.09. The maximum atomic E-state index is 11.8. The molecule has 1 aliphatic carbocycles. The van der Waals surface area contributed by atoms with Crippen LogP contribution in [0.25, 0.3) is 0 Å². The summed E-state index contributed by atoms with van der Waals surface area (Å²) in [6, 6.07) is 0. The number of aryl methyl sites for hydroxylation is 1. The van der Waals surface area contributed by atoms with Crippen LogP contribution >= 0.6 is 0 Å². The third kappa shape index (κ3) is 4.26. The van der Waals surface area contributed by atoms with Gasteiger partial charge < -0.3 is 10.1 Å². The van der Waals surface area contributed by atoms with Crippen LogP contribution in [0.2, 0.25) is 0 Å². The lowest BCUT2D eigenvalue weighted by Gasteiger charge is -2.10. The van der Waals surface area contributed by atoms with Crippen LogP contribution < -0.4 is 10.1 Å². The molecule has 0 saturated heterocycles. The molecule has 2 rings (SSSR count). The SMILES string of the molecule is CCn1cc(OCCCNC(=O)C2CCCC2)cn1. The van der Waals surface area contributed by atoms with Gasteiger partial charge in [-0.1, -0.05) is 12.8 Å². The molecule has 5 nitrogen and oxygen atoms in total. The number of amides is 1. The highest BCUT2D eigenvalue weighted by atomic mass is 16.5. The summed E-state index contributed by atoms with van der Waals surface area (Å²) < 4.78 is 7.39. The first-order valence-corrected chi connectivity index (χ1v) is 7.22. The molecule has 1 fully saturated rings. The number of carbonyl (C=O) groups is 1. The maximum absolute atomic E-state index is 11.8. The molecule has 0 unspecified atom stereocenters. The first-order valence-electron chi connectivity index (χ1n) is 7.22. The van der Waals surface area contributed by atoms with Gasteiger partial charge in [-0.05, 0) is 26.2 Å². The Morgan fingerprint density at radius 2 is 2.32 bits per heavy atom. The number of rotatable bonds is 7. The first kappa shape index (κ1) is 13.9. The van der Waals surface area contributed by atoms with Crippen LogP contribution in [0.1, 0.15) is 39.0 Å². The van der Waals surface area contributed by atoms with Gasteiger partial charge >= 0.3 is 0 Å². The third-order valence-corrected chi connectivity index (χ3v) is 3.55. The van der Waals surface area contributed by atoms with Crippen molar-refractivity contribution in [3.63, 3.8) is 0 Å². The van der Waals surface area contributed by atoms with E-state index >= 15 is 0 Å². The molecule has 1 N–H and O–H groups in total. The topological polar surface area (TPSA) is 56.1 Å². The first-order chi connectivity index (χ1) is 9.29. The highest BCUT2D eigenvalue weighted by molar-refractivity contribution is 5.78. The zero-order valence-corrected chi connectivity index (χ0v) is 11.6. The van der Waals surface area contributed by atoms with Gasteiger partial charge in [-0.15, -0.1) is 0 Å². The van der Waals surface area contributed by atoms with Crippen LogP contribution in [0, 0.1) is 5.92 Å². The number of carbonyl (C=O) groups excluding carboxylic acids is 1. The van der Waals surface area contributed by atoms with Crippen molar-refractivity contribution in [1.29, 1.82) is 0 Å². The second-order valence-electron chi connectivity index (χ2n) is 5.01. The van der Waals surface area contributed by atoms with Gasteiger partial charge in [0, 0.05) is 19.0 Å². The zero-order valence-electron chi connectivity index (χ0n) is 11.6. The van der Waals surface area contributed by atoms with Gasteiger partial charge in [0.2, 0.25) is 5.91 Å². The Hall–Kier alpha value is -1.52. The van der Waals surface area contributed by atoms with Gasteiger partial charge in [0.05, 0.1) is 19.0 Å². The van der Waals surface area contributed by atoms with Crippen molar-refractivity contribution in [2.24, 2.45) is 5.92 Å². The highest BCUT2D eigenvalue weighted by Gasteiger charge is 2.21. The average molecular weight is 265 g/mol. The lowest BCUT2D eigenvalue weighted by molar-refractivity contribution is -0.124. The lowest BCUT2D eigenvalue weighted by Crippen LogP contribution is -2.30. The molecule has 0 aliphatic heterocycles. The minimum atomic E-state index is 0.219. The van der Waals surface area contributed by atoms with E-state index in [0.29, 0.717) is 13.2 Å². The molecular weight excluding hydrogens is 242 g/mol. The van der Waals surface area contributed by atoms with Gasteiger partial charge in [-0.2, -0.15) is 5.10 Å².